The lowest BCUT2D eigenvalue weighted by molar-refractivity contribution is 0.0874. The van der Waals surface area contributed by atoms with Gasteiger partial charge in [-0.1, -0.05) is 66.0 Å². The summed E-state index contributed by atoms with van der Waals surface area (Å²) >= 11 is 12.8. The van der Waals surface area contributed by atoms with Crippen LogP contribution >= 0.6 is 23.2 Å². The molecule has 1 heterocycles. The maximum absolute atomic E-state index is 13.6. The molecule has 5 nitrogen and oxygen atoms in total. The van der Waals surface area contributed by atoms with E-state index in [1.807, 2.05) is 24.0 Å². The Kier molecular flexibility index (Phi) is 8.32. The molecule has 3 unspecified atom stereocenters. The second kappa shape index (κ2) is 10.8. The van der Waals surface area contributed by atoms with E-state index in [0.29, 0.717) is 28.3 Å². The first-order valence-electron chi connectivity index (χ1n) is 11.0. The van der Waals surface area contributed by atoms with E-state index in [4.69, 9.17) is 27.9 Å². The van der Waals surface area contributed by atoms with Crippen molar-refractivity contribution < 1.29 is 9.53 Å². The molecular formula is C25H33Cl2N3O2. The molecule has 1 aliphatic heterocycles. The summed E-state index contributed by atoms with van der Waals surface area (Å²) in [5.74, 6) is 0.888. The van der Waals surface area contributed by atoms with Crippen molar-refractivity contribution in [3.63, 3.8) is 0 Å². The number of carbonyl (C=O) groups excluding carboxylic acids is 1. The van der Waals surface area contributed by atoms with E-state index in [0.717, 1.165) is 30.6 Å². The number of methoxy groups -OCH3 is 1. The minimum atomic E-state index is -0.306. The van der Waals surface area contributed by atoms with E-state index in [1.54, 1.807) is 13.2 Å². The number of aryl methyl sites for hydroxylation is 1. The first kappa shape index (κ1) is 24.7. The summed E-state index contributed by atoms with van der Waals surface area (Å²) in [6.07, 6.45) is 0.945. The molecule has 1 aliphatic rings. The molecule has 1 N–H and O–H groups in total. The minimum Gasteiger partial charge on any atom is -0.495 e. The SMILES string of the molecule is COc1ccc(C(C)NC(=O)N(Cc2cccc(C)c2)C2CCN(C)CC2C)c(Cl)c1Cl. The van der Waals surface area contributed by atoms with Gasteiger partial charge in [-0.15, -0.1) is 0 Å². The summed E-state index contributed by atoms with van der Waals surface area (Å²) in [5.41, 5.74) is 3.08. The van der Waals surface area contributed by atoms with Gasteiger partial charge in [0.25, 0.3) is 0 Å². The zero-order valence-electron chi connectivity index (χ0n) is 19.5. The number of rotatable bonds is 6. The van der Waals surface area contributed by atoms with Gasteiger partial charge in [0, 0.05) is 19.1 Å². The molecular weight excluding hydrogens is 445 g/mol. The largest absolute Gasteiger partial charge is 0.495 e. The summed E-state index contributed by atoms with van der Waals surface area (Å²) in [4.78, 5) is 17.9. The zero-order valence-corrected chi connectivity index (χ0v) is 21.0. The summed E-state index contributed by atoms with van der Waals surface area (Å²) in [7, 11) is 3.68. The predicted octanol–water partition coefficient (Wildman–Crippen LogP) is 5.92. The second-order valence-corrected chi connectivity index (χ2v) is 9.62. The molecule has 174 valence electrons. The third kappa shape index (κ3) is 5.69. The fourth-order valence-corrected chi connectivity index (χ4v) is 5.11. The van der Waals surface area contributed by atoms with E-state index in [-0.39, 0.29) is 18.1 Å². The van der Waals surface area contributed by atoms with Gasteiger partial charge < -0.3 is 19.9 Å². The van der Waals surface area contributed by atoms with Crippen LogP contribution in [0.25, 0.3) is 0 Å². The van der Waals surface area contributed by atoms with Crippen molar-refractivity contribution >= 4 is 29.2 Å². The summed E-state index contributed by atoms with van der Waals surface area (Å²) in [6, 6.07) is 11.7. The lowest BCUT2D eigenvalue weighted by Crippen LogP contribution is -2.53. The van der Waals surface area contributed by atoms with Gasteiger partial charge >= 0.3 is 6.03 Å². The third-order valence-corrected chi connectivity index (χ3v) is 7.14. The normalized spacial score (nSPS) is 20.0. The summed E-state index contributed by atoms with van der Waals surface area (Å²) in [6.45, 7) is 8.73. The number of urea groups is 1. The summed E-state index contributed by atoms with van der Waals surface area (Å²) in [5, 5.41) is 3.91. The highest BCUT2D eigenvalue weighted by Crippen LogP contribution is 2.37. The Morgan fingerprint density at radius 3 is 2.69 bits per heavy atom. The second-order valence-electron chi connectivity index (χ2n) is 8.87. The van der Waals surface area contributed by atoms with Crippen LogP contribution in [0.4, 0.5) is 4.79 Å². The van der Waals surface area contributed by atoms with Crippen molar-refractivity contribution in [2.45, 2.75) is 45.8 Å². The highest BCUT2D eigenvalue weighted by atomic mass is 35.5. The van der Waals surface area contributed by atoms with Gasteiger partial charge in [-0.25, -0.2) is 4.79 Å². The van der Waals surface area contributed by atoms with Gasteiger partial charge in [0.05, 0.1) is 18.2 Å². The van der Waals surface area contributed by atoms with E-state index in [2.05, 4.69) is 49.3 Å². The molecule has 2 amide bonds. The standard InChI is InChI=1S/C25H33Cl2N3O2/c1-16-7-6-8-19(13-16)15-30(21-11-12-29(4)14-17(21)2)25(31)28-18(3)20-9-10-22(32-5)24(27)23(20)26/h6-10,13,17-18,21H,11-12,14-15H2,1-5H3,(H,28,31). The number of nitrogens with zero attached hydrogens (tertiary/aromatic N) is 2. The molecule has 0 radical (unpaired) electrons. The minimum absolute atomic E-state index is 0.0941. The molecule has 0 aromatic heterocycles. The molecule has 1 fully saturated rings. The van der Waals surface area contributed by atoms with Crippen LogP contribution in [0.5, 0.6) is 5.75 Å². The van der Waals surface area contributed by atoms with Crippen LogP contribution in [0.1, 0.15) is 43.0 Å². The first-order chi connectivity index (χ1) is 15.2. The van der Waals surface area contributed by atoms with Gasteiger partial charge in [-0.05, 0) is 57.0 Å². The maximum Gasteiger partial charge on any atom is 0.318 e. The molecule has 7 heteroatoms. The Morgan fingerprint density at radius 2 is 2.03 bits per heavy atom. The van der Waals surface area contributed by atoms with Gasteiger partial charge in [0.15, 0.2) is 0 Å². The van der Waals surface area contributed by atoms with Gasteiger partial charge in [-0.3, -0.25) is 0 Å². The van der Waals surface area contributed by atoms with Gasteiger partial charge in [0.1, 0.15) is 10.8 Å². The number of hydrogen-bond acceptors (Lipinski definition) is 3. The highest BCUT2D eigenvalue weighted by Gasteiger charge is 2.33. The number of hydrogen-bond donors (Lipinski definition) is 1. The number of amides is 2. The average Bonchev–Trinajstić information content (AvgIpc) is 2.74. The van der Waals surface area contributed by atoms with Crippen molar-refractivity contribution in [1.82, 2.24) is 15.1 Å². The molecule has 32 heavy (non-hydrogen) atoms. The first-order valence-corrected chi connectivity index (χ1v) is 11.8. The monoisotopic (exact) mass is 477 g/mol. The smallest absolute Gasteiger partial charge is 0.318 e. The van der Waals surface area contributed by atoms with E-state index in [1.165, 1.54) is 5.56 Å². The molecule has 0 spiro atoms. The summed E-state index contributed by atoms with van der Waals surface area (Å²) < 4.78 is 5.24. The fraction of sp³-hybridized carbons (Fsp3) is 0.480. The van der Waals surface area contributed by atoms with Gasteiger partial charge in [0.2, 0.25) is 0 Å². The van der Waals surface area contributed by atoms with Crippen LogP contribution in [0.3, 0.4) is 0 Å². The molecule has 1 saturated heterocycles. The van der Waals surface area contributed by atoms with Crippen LogP contribution < -0.4 is 10.1 Å². The highest BCUT2D eigenvalue weighted by molar-refractivity contribution is 6.43. The molecule has 0 aliphatic carbocycles. The zero-order chi connectivity index (χ0) is 23.4. The van der Waals surface area contributed by atoms with Crippen molar-refractivity contribution in [1.29, 1.82) is 0 Å². The third-order valence-electron chi connectivity index (χ3n) is 6.26. The number of nitrogens with one attached hydrogen (secondary N) is 1. The molecule has 3 atom stereocenters. The van der Waals surface area contributed by atoms with Crippen LogP contribution in [-0.2, 0) is 6.54 Å². The topological polar surface area (TPSA) is 44.8 Å². The van der Waals surface area contributed by atoms with Crippen molar-refractivity contribution in [2.24, 2.45) is 5.92 Å². The number of ether oxygens (including phenoxy) is 1. The molecule has 2 aromatic rings. The number of piperidine rings is 1. The quantitative estimate of drug-likeness (QED) is 0.560. The average molecular weight is 478 g/mol. The van der Waals surface area contributed by atoms with Crippen LogP contribution in [0, 0.1) is 12.8 Å². The Bertz CT molecular complexity index is 953. The van der Waals surface area contributed by atoms with Crippen LogP contribution in [0.2, 0.25) is 10.0 Å². The van der Waals surface area contributed by atoms with E-state index in [9.17, 15) is 4.79 Å². The van der Waals surface area contributed by atoms with Crippen molar-refractivity contribution in [3.05, 3.63) is 63.1 Å². The number of benzene rings is 2. The van der Waals surface area contributed by atoms with Crippen molar-refractivity contribution in [3.8, 4) is 5.75 Å². The molecule has 2 aromatic carbocycles. The number of carbonyl (C=O) groups is 1. The molecule has 0 bridgehead atoms. The Labute approximate surface area is 201 Å². The van der Waals surface area contributed by atoms with Crippen molar-refractivity contribution in [2.75, 3.05) is 27.2 Å². The predicted molar refractivity (Wildman–Crippen MR) is 132 cm³/mol. The van der Waals surface area contributed by atoms with Crippen LogP contribution in [-0.4, -0.2) is 49.1 Å². The Morgan fingerprint density at radius 1 is 1.28 bits per heavy atom. The van der Waals surface area contributed by atoms with Crippen LogP contribution in [0.15, 0.2) is 36.4 Å². The Balaban J connectivity index is 1.84. The number of halogens is 2. The van der Waals surface area contributed by atoms with Gasteiger partial charge in [-0.2, -0.15) is 0 Å². The molecule has 3 rings (SSSR count). The lowest BCUT2D eigenvalue weighted by Gasteiger charge is -2.42. The maximum atomic E-state index is 13.6. The number of likely N-dealkylation sites (tertiary alicyclic amines) is 1. The van der Waals surface area contributed by atoms with E-state index < -0.39 is 0 Å². The molecule has 0 saturated carbocycles. The fourth-order valence-electron chi connectivity index (χ4n) is 4.54. The lowest BCUT2D eigenvalue weighted by atomic mass is 9.92. The van der Waals surface area contributed by atoms with E-state index >= 15 is 0 Å². The Hall–Kier alpha value is -1.95.